The van der Waals surface area contributed by atoms with Crippen LogP contribution in [0, 0.1) is 6.92 Å². The molecule has 15 heavy (non-hydrogen) atoms. The van der Waals surface area contributed by atoms with Gasteiger partial charge in [0.2, 0.25) is 5.91 Å². The van der Waals surface area contributed by atoms with Crippen LogP contribution in [0.5, 0.6) is 0 Å². The fourth-order valence-electron chi connectivity index (χ4n) is 1.31. The molecule has 1 atom stereocenters. The number of aryl methyl sites for hydroxylation is 1. The molecule has 0 saturated heterocycles. The minimum Gasteiger partial charge on any atom is -0.358 e. The van der Waals surface area contributed by atoms with Crippen LogP contribution in [-0.4, -0.2) is 19.5 Å². The van der Waals surface area contributed by atoms with Crippen molar-refractivity contribution >= 4 is 5.91 Å². The molecule has 0 heterocycles. The monoisotopic (exact) mass is 206 g/mol. The van der Waals surface area contributed by atoms with Crippen LogP contribution in [0.4, 0.5) is 0 Å². The Morgan fingerprint density at radius 2 is 1.93 bits per heavy atom. The molecular formula is C12H18N2O. The van der Waals surface area contributed by atoms with Gasteiger partial charge in [-0.3, -0.25) is 4.79 Å². The third-order valence-electron chi connectivity index (χ3n) is 2.42. The van der Waals surface area contributed by atoms with Gasteiger partial charge in [-0.25, -0.2) is 0 Å². The van der Waals surface area contributed by atoms with Crippen molar-refractivity contribution in [2.75, 3.05) is 13.6 Å². The van der Waals surface area contributed by atoms with Gasteiger partial charge in [-0.15, -0.1) is 0 Å². The standard InChI is InChI=1S/C12H18N2O/c1-9-4-6-11(7-5-9)10(2)14-8-12(15)13-3/h4-7,10,14H,8H2,1-3H3,(H,13,15)/t10-/m0/s1. The molecule has 0 bridgehead atoms. The fraction of sp³-hybridized carbons (Fsp3) is 0.417. The maximum absolute atomic E-state index is 11.0. The molecule has 1 rings (SSSR count). The first-order chi connectivity index (χ1) is 7.13. The molecule has 1 aromatic carbocycles. The number of carbonyl (C=O) groups is 1. The summed E-state index contributed by atoms with van der Waals surface area (Å²) >= 11 is 0. The van der Waals surface area contributed by atoms with E-state index < -0.39 is 0 Å². The molecule has 3 heteroatoms. The van der Waals surface area contributed by atoms with Crippen molar-refractivity contribution in [3.05, 3.63) is 35.4 Å². The molecule has 0 spiro atoms. The van der Waals surface area contributed by atoms with E-state index in [9.17, 15) is 4.79 Å². The lowest BCUT2D eigenvalue weighted by Crippen LogP contribution is -2.32. The minimum atomic E-state index is 0.00830. The second-order valence-electron chi connectivity index (χ2n) is 3.69. The molecule has 1 aromatic rings. The number of nitrogens with one attached hydrogen (secondary N) is 2. The highest BCUT2D eigenvalue weighted by Crippen LogP contribution is 2.12. The molecule has 0 aliphatic rings. The van der Waals surface area contributed by atoms with E-state index in [1.54, 1.807) is 7.05 Å². The van der Waals surface area contributed by atoms with Gasteiger partial charge in [-0.05, 0) is 19.4 Å². The number of benzene rings is 1. The first kappa shape index (κ1) is 11.7. The van der Waals surface area contributed by atoms with Crippen LogP contribution >= 0.6 is 0 Å². The molecule has 0 aromatic heterocycles. The van der Waals surface area contributed by atoms with Crippen LogP contribution in [0.25, 0.3) is 0 Å². The predicted molar refractivity (Wildman–Crippen MR) is 61.7 cm³/mol. The summed E-state index contributed by atoms with van der Waals surface area (Å²) in [5.74, 6) is 0.00830. The lowest BCUT2D eigenvalue weighted by atomic mass is 10.1. The van der Waals surface area contributed by atoms with Crippen molar-refractivity contribution in [2.45, 2.75) is 19.9 Å². The predicted octanol–water partition coefficient (Wildman–Crippen LogP) is 1.39. The maximum atomic E-state index is 11.0. The number of amides is 1. The summed E-state index contributed by atoms with van der Waals surface area (Å²) in [6.07, 6.45) is 0. The van der Waals surface area contributed by atoms with E-state index in [2.05, 4.69) is 41.8 Å². The summed E-state index contributed by atoms with van der Waals surface area (Å²) in [5.41, 5.74) is 2.45. The van der Waals surface area contributed by atoms with Gasteiger partial charge in [-0.1, -0.05) is 29.8 Å². The Hall–Kier alpha value is -1.35. The number of hydrogen-bond acceptors (Lipinski definition) is 2. The smallest absolute Gasteiger partial charge is 0.233 e. The molecular weight excluding hydrogens is 188 g/mol. The van der Waals surface area contributed by atoms with Gasteiger partial charge in [0, 0.05) is 13.1 Å². The van der Waals surface area contributed by atoms with E-state index in [1.807, 2.05) is 6.92 Å². The summed E-state index contributed by atoms with van der Waals surface area (Å²) in [4.78, 5) is 11.0. The van der Waals surface area contributed by atoms with Crippen molar-refractivity contribution in [2.24, 2.45) is 0 Å². The quantitative estimate of drug-likeness (QED) is 0.781. The highest BCUT2D eigenvalue weighted by atomic mass is 16.1. The third kappa shape index (κ3) is 3.72. The zero-order chi connectivity index (χ0) is 11.3. The molecule has 0 aliphatic carbocycles. The van der Waals surface area contributed by atoms with Gasteiger partial charge in [0.05, 0.1) is 6.54 Å². The van der Waals surface area contributed by atoms with Crippen LogP contribution in [0.3, 0.4) is 0 Å². The van der Waals surface area contributed by atoms with Gasteiger partial charge in [0.1, 0.15) is 0 Å². The average Bonchev–Trinajstić information content (AvgIpc) is 2.26. The molecule has 0 saturated carbocycles. The molecule has 0 fully saturated rings. The minimum absolute atomic E-state index is 0.00830. The average molecular weight is 206 g/mol. The highest BCUT2D eigenvalue weighted by Gasteiger charge is 2.05. The fourth-order valence-corrected chi connectivity index (χ4v) is 1.31. The summed E-state index contributed by atoms with van der Waals surface area (Å²) < 4.78 is 0. The summed E-state index contributed by atoms with van der Waals surface area (Å²) in [5, 5.41) is 5.74. The van der Waals surface area contributed by atoms with Gasteiger partial charge in [0.25, 0.3) is 0 Å². The largest absolute Gasteiger partial charge is 0.358 e. The van der Waals surface area contributed by atoms with E-state index in [0.29, 0.717) is 6.54 Å². The third-order valence-corrected chi connectivity index (χ3v) is 2.42. The highest BCUT2D eigenvalue weighted by molar-refractivity contribution is 5.77. The normalized spacial score (nSPS) is 12.2. The van der Waals surface area contributed by atoms with E-state index in [1.165, 1.54) is 11.1 Å². The molecule has 82 valence electrons. The van der Waals surface area contributed by atoms with Crippen molar-refractivity contribution in [1.82, 2.24) is 10.6 Å². The Kier molecular flexibility index (Phi) is 4.31. The van der Waals surface area contributed by atoms with E-state index >= 15 is 0 Å². The van der Waals surface area contributed by atoms with Crippen LogP contribution in [-0.2, 0) is 4.79 Å². The van der Waals surface area contributed by atoms with Crippen molar-refractivity contribution in [3.63, 3.8) is 0 Å². The Labute approximate surface area is 90.9 Å². The van der Waals surface area contributed by atoms with Gasteiger partial charge in [-0.2, -0.15) is 0 Å². The Bertz CT molecular complexity index is 319. The van der Waals surface area contributed by atoms with Crippen molar-refractivity contribution < 1.29 is 4.79 Å². The molecule has 0 unspecified atom stereocenters. The first-order valence-corrected chi connectivity index (χ1v) is 5.14. The molecule has 2 N–H and O–H groups in total. The Morgan fingerprint density at radius 1 is 1.33 bits per heavy atom. The lowest BCUT2D eigenvalue weighted by molar-refractivity contribution is -0.119. The van der Waals surface area contributed by atoms with E-state index in [0.717, 1.165) is 0 Å². The number of carbonyl (C=O) groups excluding carboxylic acids is 1. The zero-order valence-electron chi connectivity index (χ0n) is 9.50. The molecule has 0 aliphatic heterocycles. The topological polar surface area (TPSA) is 41.1 Å². The van der Waals surface area contributed by atoms with Gasteiger partial charge < -0.3 is 10.6 Å². The van der Waals surface area contributed by atoms with Crippen LogP contribution in [0.15, 0.2) is 24.3 Å². The number of likely N-dealkylation sites (N-methyl/N-ethyl adjacent to an activating group) is 1. The molecule has 3 nitrogen and oxygen atoms in total. The van der Waals surface area contributed by atoms with Gasteiger partial charge in [0.15, 0.2) is 0 Å². The summed E-state index contributed by atoms with van der Waals surface area (Å²) in [6, 6.07) is 8.51. The maximum Gasteiger partial charge on any atom is 0.233 e. The number of rotatable bonds is 4. The van der Waals surface area contributed by atoms with E-state index in [-0.39, 0.29) is 11.9 Å². The lowest BCUT2D eigenvalue weighted by Gasteiger charge is -2.13. The SMILES string of the molecule is CNC(=O)CN[C@@H](C)c1ccc(C)cc1. The summed E-state index contributed by atoms with van der Waals surface area (Å²) in [6.45, 7) is 4.46. The van der Waals surface area contributed by atoms with Crippen molar-refractivity contribution in [1.29, 1.82) is 0 Å². The zero-order valence-corrected chi connectivity index (χ0v) is 9.50. The second-order valence-corrected chi connectivity index (χ2v) is 3.69. The first-order valence-electron chi connectivity index (χ1n) is 5.14. The summed E-state index contributed by atoms with van der Waals surface area (Å²) in [7, 11) is 1.64. The Balaban J connectivity index is 2.50. The number of hydrogen-bond donors (Lipinski definition) is 2. The van der Waals surface area contributed by atoms with Crippen LogP contribution in [0.2, 0.25) is 0 Å². The molecule has 0 radical (unpaired) electrons. The van der Waals surface area contributed by atoms with Gasteiger partial charge >= 0.3 is 0 Å². The van der Waals surface area contributed by atoms with Crippen LogP contribution in [0.1, 0.15) is 24.1 Å². The molecule has 1 amide bonds. The van der Waals surface area contributed by atoms with E-state index in [4.69, 9.17) is 0 Å². The second kappa shape index (κ2) is 5.51. The Morgan fingerprint density at radius 3 is 2.47 bits per heavy atom. The van der Waals surface area contributed by atoms with Crippen molar-refractivity contribution in [3.8, 4) is 0 Å². The van der Waals surface area contributed by atoms with Crippen LogP contribution < -0.4 is 10.6 Å².